The molecule has 0 spiro atoms. The fourth-order valence-corrected chi connectivity index (χ4v) is 2.56. The number of hydrogen-bond acceptors (Lipinski definition) is 4. The Kier molecular flexibility index (Phi) is 11.0. The van der Waals surface area contributed by atoms with E-state index in [1.807, 2.05) is 6.92 Å². The van der Waals surface area contributed by atoms with E-state index in [1.54, 1.807) is 11.3 Å². The van der Waals surface area contributed by atoms with Gasteiger partial charge in [0.2, 0.25) is 0 Å². The highest BCUT2D eigenvalue weighted by Gasteiger charge is 2.03. The third-order valence-corrected chi connectivity index (χ3v) is 3.92. The molecule has 0 aliphatic rings. The molecule has 7 heteroatoms. The van der Waals surface area contributed by atoms with Crippen LogP contribution in [-0.4, -0.2) is 49.6 Å². The van der Waals surface area contributed by atoms with Crippen molar-refractivity contribution in [2.75, 3.05) is 33.7 Å². The molecule has 0 saturated heterocycles. The lowest BCUT2D eigenvalue weighted by molar-refractivity contribution is 0.399. The molecule has 122 valence electrons. The lowest BCUT2D eigenvalue weighted by Gasteiger charge is -2.13. The molecule has 0 unspecified atom stereocenters. The molecular formula is C14H28IN5S. The molecule has 1 aromatic rings. The van der Waals surface area contributed by atoms with Gasteiger partial charge in [0.15, 0.2) is 5.96 Å². The summed E-state index contributed by atoms with van der Waals surface area (Å²) in [6, 6.07) is 0. The number of nitrogens with zero attached hydrogens (tertiary/aromatic N) is 3. The van der Waals surface area contributed by atoms with Crippen LogP contribution >= 0.6 is 35.3 Å². The minimum absolute atomic E-state index is 0. The topological polar surface area (TPSA) is 52.6 Å². The molecular weight excluding hydrogens is 397 g/mol. The SMILES string of the molecule is CCNC(=NCc1nc(C)c(C)s1)NCCCN(C)C.I. The van der Waals surface area contributed by atoms with Crippen LogP contribution in [0.5, 0.6) is 0 Å². The number of hydrogen-bond donors (Lipinski definition) is 2. The minimum Gasteiger partial charge on any atom is -0.357 e. The summed E-state index contributed by atoms with van der Waals surface area (Å²) in [4.78, 5) is 12.6. The molecule has 1 heterocycles. The number of thiazole rings is 1. The van der Waals surface area contributed by atoms with Gasteiger partial charge in [0, 0.05) is 18.0 Å². The Balaban J connectivity index is 0.00000400. The van der Waals surface area contributed by atoms with Crippen LogP contribution in [0.2, 0.25) is 0 Å². The third kappa shape index (κ3) is 8.57. The molecule has 0 radical (unpaired) electrons. The average molecular weight is 425 g/mol. The first-order chi connectivity index (χ1) is 9.52. The molecule has 0 amide bonds. The first kappa shape index (κ1) is 20.6. The second-order valence-corrected chi connectivity index (χ2v) is 6.32. The normalized spacial score (nSPS) is 11.4. The van der Waals surface area contributed by atoms with E-state index in [0.29, 0.717) is 6.54 Å². The van der Waals surface area contributed by atoms with E-state index in [9.17, 15) is 0 Å². The van der Waals surface area contributed by atoms with Gasteiger partial charge in [-0.1, -0.05) is 0 Å². The Bertz CT molecular complexity index is 411. The van der Waals surface area contributed by atoms with Crippen molar-refractivity contribution in [2.24, 2.45) is 4.99 Å². The second-order valence-electron chi connectivity index (χ2n) is 5.03. The zero-order chi connectivity index (χ0) is 15.0. The summed E-state index contributed by atoms with van der Waals surface area (Å²) in [6.45, 7) is 9.75. The molecule has 21 heavy (non-hydrogen) atoms. The Morgan fingerprint density at radius 1 is 1.29 bits per heavy atom. The van der Waals surface area contributed by atoms with E-state index in [1.165, 1.54) is 4.88 Å². The lowest BCUT2D eigenvalue weighted by Crippen LogP contribution is -2.38. The average Bonchev–Trinajstić information content (AvgIpc) is 2.70. The highest BCUT2D eigenvalue weighted by molar-refractivity contribution is 14.0. The maximum atomic E-state index is 4.58. The van der Waals surface area contributed by atoms with Crippen molar-refractivity contribution in [3.63, 3.8) is 0 Å². The molecule has 0 bridgehead atoms. The van der Waals surface area contributed by atoms with Crippen molar-refractivity contribution in [3.8, 4) is 0 Å². The van der Waals surface area contributed by atoms with Gasteiger partial charge in [0.05, 0.1) is 12.2 Å². The number of guanidine groups is 1. The summed E-state index contributed by atoms with van der Waals surface area (Å²) in [5, 5.41) is 7.70. The van der Waals surface area contributed by atoms with Crippen LogP contribution in [0.15, 0.2) is 4.99 Å². The van der Waals surface area contributed by atoms with Gasteiger partial charge in [0.1, 0.15) is 5.01 Å². The number of halogens is 1. The first-order valence-corrected chi connectivity index (χ1v) is 7.94. The lowest BCUT2D eigenvalue weighted by atomic mass is 10.4. The van der Waals surface area contributed by atoms with Gasteiger partial charge in [-0.15, -0.1) is 35.3 Å². The Morgan fingerprint density at radius 2 is 2.00 bits per heavy atom. The third-order valence-electron chi connectivity index (χ3n) is 2.86. The fourth-order valence-electron chi connectivity index (χ4n) is 1.70. The van der Waals surface area contributed by atoms with Gasteiger partial charge in [-0.3, -0.25) is 0 Å². The van der Waals surface area contributed by atoms with Crippen molar-refractivity contribution < 1.29 is 0 Å². The highest BCUT2D eigenvalue weighted by Crippen LogP contribution is 2.16. The summed E-state index contributed by atoms with van der Waals surface area (Å²) in [5.41, 5.74) is 1.11. The van der Waals surface area contributed by atoms with Crippen LogP contribution in [0.1, 0.15) is 28.9 Å². The predicted molar refractivity (Wildman–Crippen MR) is 103 cm³/mol. The van der Waals surface area contributed by atoms with E-state index in [2.05, 4.69) is 53.5 Å². The van der Waals surface area contributed by atoms with E-state index in [4.69, 9.17) is 0 Å². The van der Waals surface area contributed by atoms with E-state index in [0.717, 1.165) is 42.7 Å². The molecule has 0 saturated carbocycles. The van der Waals surface area contributed by atoms with Gasteiger partial charge in [-0.2, -0.15) is 0 Å². The van der Waals surface area contributed by atoms with Crippen molar-refractivity contribution in [3.05, 3.63) is 15.6 Å². The molecule has 0 aliphatic heterocycles. The van der Waals surface area contributed by atoms with Crippen LogP contribution in [0.3, 0.4) is 0 Å². The van der Waals surface area contributed by atoms with Crippen LogP contribution < -0.4 is 10.6 Å². The van der Waals surface area contributed by atoms with Crippen molar-refractivity contribution in [2.45, 2.75) is 33.7 Å². The van der Waals surface area contributed by atoms with E-state index >= 15 is 0 Å². The van der Waals surface area contributed by atoms with E-state index < -0.39 is 0 Å². The van der Waals surface area contributed by atoms with Crippen molar-refractivity contribution >= 4 is 41.3 Å². The number of aryl methyl sites for hydroxylation is 2. The Morgan fingerprint density at radius 3 is 2.52 bits per heavy atom. The fraction of sp³-hybridized carbons (Fsp3) is 0.714. The van der Waals surface area contributed by atoms with Crippen LogP contribution in [0.4, 0.5) is 0 Å². The van der Waals surface area contributed by atoms with Gasteiger partial charge >= 0.3 is 0 Å². The van der Waals surface area contributed by atoms with Crippen LogP contribution in [0, 0.1) is 13.8 Å². The zero-order valence-electron chi connectivity index (χ0n) is 13.7. The quantitative estimate of drug-likeness (QED) is 0.305. The van der Waals surface area contributed by atoms with Crippen molar-refractivity contribution in [1.29, 1.82) is 0 Å². The summed E-state index contributed by atoms with van der Waals surface area (Å²) in [7, 11) is 4.18. The molecule has 0 aliphatic carbocycles. The minimum atomic E-state index is 0. The Labute approximate surface area is 149 Å². The molecule has 5 nitrogen and oxygen atoms in total. The van der Waals surface area contributed by atoms with Crippen molar-refractivity contribution in [1.82, 2.24) is 20.5 Å². The molecule has 1 rings (SSSR count). The van der Waals surface area contributed by atoms with Crippen LogP contribution in [-0.2, 0) is 6.54 Å². The highest BCUT2D eigenvalue weighted by atomic mass is 127. The van der Waals surface area contributed by atoms with Crippen LogP contribution in [0.25, 0.3) is 0 Å². The Hall–Kier alpha value is -0.410. The molecule has 0 fully saturated rings. The maximum Gasteiger partial charge on any atom is 0.191 e. The second kappa shape index (κ2) is 11.2. The van der Waals surface area contributed by atoms with Gasteiger partial charge < -0.3 is 15.5 Å². The van der Waals surface area contributed by atoms with E-state index in [-0.39, 0.29) is 24.0 Å². The standard InChI is InChI=1S/C14H27N5S.HI/c1-6-15-14(16-8-7-9-19(4)5)17-10-13-18-11(2)12(3)20-13;/h6-10H2,1-5H3,(H2,15,16,17);1H. The number of nitrogens with one attached hydrogen (secondary N) is 2. The smallest absolute Gasteiger partial charge is 0.191 e. The predicted octanol–water partition coefficient (Wildman–Crippen LogP) is 2.38. The van der Waals surface area contributed by atoms with Gasteiger partial charge in [0.25, 0.3) is 0 Å². The summed E-state index contributed by atoms with van der Waals surface area (Å²) < 4.78 is 0. The molecule has 1 aromatic heterocycles. The monoisotopic (exact) mass is 425 g/mol. The number of aliphatic imine (C=N–C) groups is 1. The largest absolute Gasteiger partial charge is 0.357 e. The molecule has 0 atom stereocenters. The van der Waals surface area contributed by atoms with Gasteiger partial charge in [-0.05, 0) is 47.8 Å². The molecule has 2 N–H and O–H groups in total. The maximum absolute atomic E-state index is 4.58. The summed E-state index contributed by atoms with van der Waals surface area (Å²) in [6.07, 6.45) is 1.10. The molecule has 0 aromatic carbocycles. The first-order valence-electron chi connectivity index (χ1n) is 7.12. The summed E-state index contributed by atoms with van der Waals surface area (Å²) in [5.74, 6) is 0.872. The number of rotatable bonds is 7. The van der Waals surface area contributed by atoms with Gasteiger partial charge in [-0.25, -0.2) is 9.98 Å². The summed E-state index contributed by atoms with van der Waals surface area (Å²) >= 11 is 1.73. The number of aromatic nitrogens is 1. The zero-order valence-corrected chi connectivity index (χ0v) is 16.8.